The Kier molecular flexibility index (Phi) is 6.62. The van der Waals surface area contributed by atoms with Gasteiger partial charge in [-0.3, -0.25) is 9.59 Å². The summed E-state index contributed by atoms with van der Waals surface area (Å²) < 4.78 is 54.1. The van der Waals surface area contributed by atoms with Crippen LogP contribution in [0.25, 0.3) is 0 Å². The van der Waals surface area contributed by atoms with Crippen molar-refractivity contribution in [3.8, 4) is 23.0 Å². The highest BCUT2D eigenvalue weighted by Gasteiger charge is 2.30. The predicted octanol–water partition coefficient (Wildman–Crippen LogP) is 5.08. The lowest BCUT2D eigenvalue weighted by molar-refractivity contribution is -0.137. The molecule has 0 unspecified atom stereocenters. The summed E-state index contributed by atoms with van der Waals surface area (Å²) in [5.41, 5.74) is -0.637. The van der Waals surface area contributed by atoms with Crippen molar-refractivity contribution in [3.05, 3.63) is 72.1 Å². The SMILES string of the molecule is COc1ccnc(C(=O)Nc2ccc(Oc3cccc(C(F)(F)F)c3)cc2)c1OC(C)=O. The van der Waals surface area contributed by atoms with E-state index in [0.29, 0.717) is 5.69 Å². The molecule has 0 radical (unpaired) electrons. The van der Waals surface area contributed by atoms with Crippen LogP contribution >= 0.6 is 0 Å². The molecule has 10 heteroatoms. The average molecular weight is 446 g/mol. The van der Waals surface area contributed by atoms with E-state index in [-0.39, 0.29) is 28.7 Å². The Hall–Kier alpha value is -4.08. The van der Waals surface area contributed by atoms with Gasteiger partial charge in [-0.1, -0.05) is 6.07 Å². The van der Waals surface area contributed by atoms with E-state index in [1.807, 2.05) is 0 Å². The lowest BCUT2D eigenvalue weighted by Crippen LogP contribution is -2.17. The van der Waals surface area contributed by atoms with Gasteiger partial charge in [-0.05, 0) is 42.5 Å². The second-order valence-electron chi connectivity index (χ2n) is 6.39. The van der Waals surface area contributed by atoms with Crippen LogP contribution in [0.4, 0.5) is 18.9 Å². The molecule has 1 N–H and O–H groups in total. The minimum atomic E-state index is -4.48. The molecule has 0 fully saturated rings. The zero-order valence-corrected chi connectivity index (χ0v) is 16.9. The average Bonchev–Trinajstić information content (AvgIpc) is 2.74. The maximum atomic E-state index is 12.8. The summed E-state index contributed by atoms with van der Waals surface area (Å²) in [5, 5.41) is 2.59. The molecule has 2 aromatic carbocycles. The first kappa shape index (κ1) is 22.6. The number of alkyl halides is 3. The van der Waals surface area contributed by atoms with Crippen molar-refractivity contribution >= 4 is 17.6 Å². The van der Waals surface area contributed by atoms with Crippen LogP contribution in [-0.2, 0) is 11.0 Å². The summed E-state index contributed by atoms with van der Waals surface area (Å²) in [6.07, 6.45) is -3.15. The van der Waals surface area contributed by atoms with Crippen molar-refractivity contribution in [2.45, 2.75) is 13.1 Å². The number of aromatic nitrogens is 1. The summed E-state index contributed by atoms with van der Waals surface area (Å²) in [6, 6.07) is 11.9. The molecule has 3 rings (SSSR count). The van der Waals surface area contributed by atoms with E-state index in [0.717, 1.165) is 12.1 Å². The van der Waals surface area contributed by atoms with Gasteiger partial charge in [0, 0.05) is 24.9 Å². The highest BCUT2D eigenvalue weighted by Crippen LogP contribution is 2.33. The fourth-order valence-corrected chi connectivity index (χ4v) is 2.66. The molecule has 32 heavy (non-hydrogen) atoms. The third-order valence-corrected chi connectivity index (χ3v) is 4.06. The Bertz CT molecular complexity index is 1130. The number of hydrogen-bond donors (Lipinski definition) is 1. The first-order valence-electron chi connectivity index (χ1n) is 9.15. The standard InChI is InChI=1S/C22H17F3N2O5/c1-13(28)31-20-18(30-2)10-11-26-19(20)21(29)27-15-6-8-16(9-7-15)32-17-5-3-4-14(12-17)22(23,24)25/h3-12H,1-2H3,(H,27,29). The number of esters is 1. The number of pyridine rings is 1. The number of nitrogens with one attached hydrogen (secondary N) is 1. The van der Waals surface area contributed by atoms with Gasteiger partial charge in [-0.25, -0.2) is 4.98 Å². The summed E-state index contributed by atoms with van der Waals surface area (Å²) in [4.78, 5) is 28.0. The number of carbonyl (C=O) groups excluding carboxylic acids is 2. The van der Waals surface area contributed by atoms with Gasteiger partial charge < -0.3 is 19.5 Å². The highest BCUT2D eigenvalue weighted by molar-refractivity contribution is 6.05. The topological polar surface area (TPSA) is 86.8 Å². The molecular formula is C22H17F3N2O5. The monoisotopic (exact) mass is 446 g/mol. The van der Waals surface area contributed by atoms with E-state index in [1.165, 1.54) is 62.7 Å². The lowest BCUT2D eigenvalue weighted by Gasteiger charge is -2.13. The zero-order chi connectivity index (χ0) is 23.3. The summed E-state index contributed by atoms with van der Waals surface area (Å²) in [5.74, 6) is -0.992. The number of methoxy groups -OCH3 is 1. The molecule has 0 aliphatic heterocycles. The second-order valence-corrected chi connectivity index (χ2v) is 6.39. The van der Waals surface area contributed by atoms with Gasteiger partial charge in [0.25, 0.3) is 5.91 Å². The Morgan fingerprint density at radius 3 is 2.34 bits per heavy atom. The number of rotatable bonds is 6. The largest absolute Gasteiger partial charge is 0.493 e. The third-order valence-electron chi connectivity index (χ3n) is 4.06. The molecule has 1 heterocycles. The van der Waals surface area contributed by atoms with Gasteiger partial charge in [-0.15, -0.1) is 0 Å². The molecule has 0 saturated heterocycles. The highest BCUT2D eigenvalue weighted by atomic mass is 19.4. The number of halogens is 3. The first-order chi connectivity index (χ1) is 15.2. The maximum absolute atomic E-state index is 12.8. The van der Waals surface area contributed by atoms with E-state index in [1.54, 1.807) is 0 Å². The molecule has 0 aliphatic rings. The Morgan fingerprint density at radius 2 is 1.72 bits per heavy atom. The lowest BCUT2D eigenvalue weighted by atomic mass is 10.2. The van der Waals surface area contributed by atoms with Gasteiger partial charge in [0.15, 0.2) is 11.4 Å². The van der Waals surface area contributed by atoms with Crippen molar-refractivity contribution in [2.75, 3.05) is 12.4 Å². The van der Waals surface area contributed by atoms with Crippen LogP contribution in [0.15, 0.2) is 60.8 Å². The Morgan fingerprint density at radius 1 is 1.00 bits per heavy atom. The molecule has 7 nitrogen and oxygen atoms in total. The van der Waals surface area contributed by atoms with Crippen molar-refractivity contribution < 1.29 is 37.0 Å². The quantitative estimate of drug-likeness (QED) is 0.532. The van der Waals surface area contributed by atoms with Crippen molar-refractivity contribution in [3.63, 3.8) is 0 Å². The van der Waals surface area contributed by atoms with Crippen LogP contribution in [-0.4, -0.2) is 24.0 Å². The minimum absolute atomic E-state index is 0.0169. The number of hydrogen-bond acceptors (Lipinski definition) is 6. The molecule has 166 valence electrons. The van der Waals surface area contributed by atoms with Crippen LogP contribution in [0.1, 0.15) is 23.0 Å². The van der Waals surface area contributed by atoms with E-state index in [4.69, 9.17) is 14.2 Å². The Balaban J connectivity index is 1.74. The number of amides is 1. The summed E-state index contributed by atoms with van der Waals surface area (Å²) >= 11 is 0. The normalized spacial score (nSPS) is 10.9. The van der Waals surface area contributed by atoms with Crippen LogP contribution in [0.2, 0.25) is 0 Å². The number of benzene rings is 2. The molecular weight excluding hydrogens is 429 g/mol. The van der Waals surface area contributed by atoms with Crippen molar-refractivity contribution in [1.29, 1.82) is 0 Å². The minimum Gasteiger partial charge on any atom is -0.493 e. The number of anilines is 1. The first-order valence-corrected chi connectivity index (χ1v) is 9.15. The molecule has 0 saturated carbocycles. The molecule has 1 amide bonds. The van der Waals surface area contributed by atoms with Gasteiger partial charge in [0.1, 0.15) is 11.5 Å². The van der Waals surface area contributed by atoms with Gasteiger partial charge in [-0.2, -0.15) is 13.2 Å². The van der Waals surface area contributed by atoms with Crippen LogP contribution in [0, 0.1) is 0 Å². The number of carbonyl (C=O) groups is 2. The van der Waals surface area contributed by atoms with E-state index >= 15 is 0 Å². The van der Waals surface area contributed by atoms with Gasteiger partial charge in [0.2, 0.25) is 5.75 Å². The van der Waals surface area contributed by atoms with Crippen molar-refractivity contribution in [1.82, 2.24) is 4.98 Å². The van der Waals surface area contributed by atoms with Crippen LogP contribution in [0.3, 0.4) is 0 Å². The maximum Gasteiger partial charge on any atom is 0.416 e. The molecule has 0 spiro atoms. The molecule has 0 aliphatic carbocycles. The fourth-order valence-electron chi connectivity index (χ4n) is 2.66. The molecule has 3 aromatic rings. The van der Waals surface area contributed by atoms with Gasteiger partial charge in [0.05, 0.1) is 12.7 Å². The number of ether oxygens (including phenoxy) is 3. The van der Waals surface area contributed by atoms with Crippen LogP contribution < -0.4 is 19.5 Å². The van der Waals surface area contributed by atoms with E-state index in [9.17, 15) is 22.8 Å². The summed E-state index contributed by atoms with van der Waals surface area (Å²) in [6.45, 7) is 1.18. The van der Waals surface area contributed by atoms with E-state index < -0.39 is 23.6 Å². The smallest absolute Gasteiger partial charge is 0.416 e. The third kappa shape index (κ3) is 5.54. The predicted molar refractivity (Wildman–Crippen MR) is 108 cm³/mol. The Labute approximate surface area is 180 Å². The molecule has 0 bridgehead atoms. The fraction of sp³-hybridized carbons (Fsp3) is 0.136. The van der Waals surface area contributed by atoms with Crippen LogP contribution in [0.5, 0.6) is 23.0 Å². The molecule has 0 atom stereocenters. The molecule has 1 aromatic heterocycles. The zero-order valence-electron chi connectivity index (χ0n) is 16.9. The second kappa shape index (κ2) is 9.38. The summed E-state index contributed by atoms with van der Waals surface area (Å²) in [7, 11) is 1.35. The number of nitrogens with zero attached hydrogens (tertiary/aromatic N) is 1. The van der Waals surface area contributed by atoms with Crippen molar-refractivity contribution in [2.24, 2.45) is 0 Å². The van der Waals surface area contributed by atoms with Gasteiger partial charge >= 0.3 is 12.1 Å². The van der Waals surface area contributed by atoms with E-state index in [2.05, 4.69) is 10.3 Å².